The summed E-state index contributed by atoms with van der Waals surface area (Å²) in [6.07, 6.45) is 0. The fourth-order valence-corrected chi connectivity index (χ4v) is 3.54. The Morgan fingerprint density at radius 1 is 1.06 bits per heavy atom. The summed E-state index contributed by atoms with van der Waals surface area (Å²) in [6.45, 7) is 6.27. The van der Waals surface area contributed by atoms with E-state index in [1.807, 2.05) is 45.0 Å². The summed E-state index contributed by atoms with van der Waals surface area (Å²) in [6, 6.07) is 14.3. The zero-order valence-corrected chi connectivity index (χ0v) is 19.2. The van der Waals surface area contributed by atoms with E-state index in [4.69, 9.17) is 22.7 Å². The van der Waals surface area contributed by atoms with Gasteiger partial charge in [-0.15, -0.1) is 11.3 Å². The number of carbonyl (C=O) groups is 2. The molecule has 0 aliphatic heterocycles. The van der Waals surface area contributed by atoms with Crippen molar-refractivity contribution in [1.29, 1.82) is 5.41 Å². The Bertz CT molecular complexity index is 1060. The van der Waals surface area contributed by atoms with Crippen molar-refractivity contribution in [1.82, 2.24) is 5.32 Å². The Hall–Kier alpha value is -3.16. The van der Waals surface area contributed by atoms with Crippen molar-refractivity contribution in [3.05, 3.63) is 81.2 Å². The van der Waals surface area contributed by atoms with Gasteiger partial charge in [0.2, 0.25) is 0 Å². The fraction of sp³-hybridized carbons (Fsp3) is 0.174. The van der Waals surface area contributed by atoms with Crippen molar-refractivity contribution in [2.75, 3.05) is 11.1 Å². The first-order chi connectivity index (χ1) is 14.8. The smallest absolute Gasteiger partial charge is 0.270 e. The molecule has 1 heterocycles. The predicted octanol–water partition coefficient (Wildman–Crippen LogP) is 5.25. The third-order valence-electron chi connectivity index (χ3n) is 4.22. The van der Waals surface area contributed by atoms with Gasteiger partial charge in [-0.05, 0) is 36.8 Å². The molecule has 0 saturated carbocycles. The van der Waals surface area contributed by atoms with E-state index < -0.39 is 11.8 Å². The maximum absolute atomic E-state index is 12.7. The van der Waals surface area contributed by atoms with Crippen LogP contribution in [0.1, 0.15) is 40.9 Å². The number of rotatable bonds is 6. The van der Waals surface area contributed by atoms with Gasteiger partial charge in [-0.25, -0.2) is 0 Å². The molecule has 1 aromatic heterocycles. The van der Waals surface area contributed by atoms with Crippen LogP contribution >= 0.6 is 22.9 Å². The van der Waals surface area contributed by atoms with Crippen LogP contribution in [0.2, 0.25) is 5.02 Å². The van der Waals surface area contributed by atoms with Crippen molar-refractivity contribution in [2.45, 2.75) is 27.3 Å². The van der Waals surface area contributed by atoms with Crippen LogP contribution < -0.4 is 16.4 Å². The summed E-state index contributed by atoms with van der Waals surface area (Å²) < 4.78 is 0. The molecular formula is C23H25ClN4O2S. The van der Waals surface area contributed by atoms with Gasteiger partial charge in [0, 0.05) is 28.2 Å². The summed E-state index contributed by atoms with van der Waals surface area (Å²) in [7, 11) is 0. The van der Waals surface area contributed by atoms with Gasteiger partial charge in [-0.1, -0.05) is 55.3 Å². The number of hydrogen-bond acceptors (Lipinski definition) is 5. The largest absolute Gasteiger partial charge is 0.390 e. The molecular weight excluding hydrogens is 432 g/mol. The molecule has 2 amide bonds. The number of anilines is 2. The molecule has 3 rings (SSSR count). The van der Waals surface area contributed by atoms with E-state index >= 15 is 0 Å². The average Bonchev–Trinajstić information content (AvgIpc) is 3.17. The number of halogens is 1. The molecule has 0 saturated heterocycles. The number of aryl methyl sites for hydroxylation is 1. The number of hydrogen-bond donors (Lipinski definition) is 4. The van der Waals surface area contributed by atoms with E-state index in [2.05, 4.69) is 10.6 Å². The lowest BCUT2D eigenvalue weighted by Gasteiger charge is -2.10. The number of nitrogens with one attached hydrogen (secondary N) is 3. The van der Waals surface area contributed by atoms with E-state index in [0.717, 1.165) is 22.5 Å². The van der Waals surface area contributed by atoms with Crippen molar-refractivity contribution in [3.8, 4) is 0 Å². The Kier molecular flexibility index (Phi) is 8.78. The summed E-state index contributed by atoms with van der Waals surface area (Å²) >= 11 is 6.96. The molecule has 0 atom stereocenters. The van der Waals surface area contributed by atoms with Crippen LogP contribution in [-0.4, -0.2) is 17.5 Å². The molecule has 6 nitrogen and oxygen atoms in total. The molecule has 0 radical (unpaired) electrons. The number of thiophene rings is 1. The second-order valence-corrected chi connectivity index (χ2v) is 7.74. The molecule has 0 spiro atoms. The normalized spacial score (nSPS) is 9.94. The number of benzene rings is 2. The first-order valence-corrected chi connectivity index (χ1v) is 11.0. The molecule has 0 unspecified atom stereocenters. The van der Waals surface area contributed by atoms with E-state index in [9.17, 15) is 9.59 Å². The lowest BCUT2D eigenvalue weighted by Crippen LogP contribution is -2.31. The molecule has 0 bridgehead atoms. The zero-order valence-electron chi connectivity index (χ0n) is 17.6. The van der Waals surface area contributed by atoms with Crippen LogP contribution in [0, 0.1) is 12.3 Å². The van der Waals surface area contributed by atoms with Crippen LogP contribution in [0.25, 0.3) is 0 Å². The highest BCUT2D eigenvalue weighted by molar-refractivity contribution is 7.14. The van der Waals surface area contributed by atoms with E-state index in [1.165, 1.54) is 0 Å². The van der Waals surface area contributed by atoms with Crippen LogP contribution in [0.3, 0.4) is 0 Å². The summed E-state index contributed by atoms with van der Waals surface area (Å²) in [5.74, 6) is -1.07. The Morgan fingerprint density at radius 3 is 2.29 bits per heavy atom. The summed E-state index contributed by atoms with van der Waals surface area (Å²) in [5.41, 5.74) is 8.51. The Labute approximate surface area is 190 Å². The van der Waals surface area contributed by atoms with Gasteiger partial charge in [0.1, 0.15) is 5.71 Å². The average molecular weight is 457 g/mol. The van der Waals surface area contributed by atoms with Crippen LogP contribution in [-0.2, 0) is 11.3 Å². The topological polar surface area (TPSA) is 108 Å². The predicted molar refractivity (Wildman–Crippen MR) is 129 cm³/mol. The molecule has 31 heavy (non-hydrogen) atoms. The number of amides is 2. The van der Waals surface area contributed by atoms with Gasteiger partial charge in [0.25, 0.3) is 11.8 Å². The Balaban J connectivity index is 0.00000166. The van der Waals surface area contributed by atoms with Crippen LogP contribution in [0.4, 0.5) is 10.7 Å². The first-order valence-electron chi connectivity index (χ1n) is 9.71. The maximum Gasteiger partial charge on any atom is 0.270 e. The third-order valence-corrected chi connectivity index (χ3v) is 5.28. The maximum atomic E-state index is 12.7. The van der Waals surface area contributed by atoms with Crippen LogP contribution in [0.5, 0.6) is 0 Å². The van der Waals surface area contributed by atoms with Gasteiger partial charge < -0.3 is 16.4 Å². The first kappa shape index (κ1) is 24.1. The third kappa shape index (κ3) is 6.41. The summed E-state index contributed by atoms with van der Waals surface area (Å²) in [4.78, 5) is 25.1. The zero-order chi connectivity index (χ0) is 23.0. The molecule has 3 aromatic rings. The molecule has 5 N–H and O–H groups in total. The number of nitrogen functional groups attached to an aromatic ring is 1. The molecule has 0 fully saturated rings. The van der Waals surface area contributed by atoms with Crippen molar-refractivity contribution >= 4 is 51.2 Å². The van der Waals surface area contributed by atoms with Crippen LogP contribution in [0.15, 0.2) is 53.9 Å². The summed E-state index contributed by atoms with van der Waals surface area (Å²) in [5, 5.41) is 16.0. The highest BCUT2D eigenvalue weighted by Gasteiger charge is 2.24. The highest BCUT2D eigenvalue weighted by Crippen LogP contribution is 2.27. The standard InChI is InChI=1S/C21H19ClN4O2S.C2H6/c1-12-2-4-13(5-3-12)10-25-21(28)18(23)16-11-29-19(24)17(16)20(27)26-15-8-6-14(22)7-9-15;1-2/h2-9,11,23H,10,24H2,1H3,(H,25,28)(H,26,27);1-2H3. The molecule has 0 aliphatic rings. The lowest BCUT2D eigenvalue weighted by molar-refractivity contribution is -0.114. The molecule has 0 aliphatic carbocycles. The minimum atomic E-state index is -0.580. The minimum absolute atomic E-state index is 0.112. The van der Waals surface area contributed by atoms with Gasteiger partial charge in [0.05, 0.1) is 10.6 Å². The molecule has 8 heteroatoms. The number of carbonyl (C=O) groups excluding carboxylic acids is 2. The second kappa shape index (κ2) is 11.3. The fourth-order valence-electron chi connectivity index (χ4n) is 2.62. The highest BCUT2D eigenvalue weighted by atomic mass is 35.5. The Morgan fingerprint density at radius 2 is 1.68 bits per heavy atom. The van der Waals surface area contributed by atoms with Crippen molar-refractivity contribution in [2.24, 2.45) is 0 Å². The second-order valence-electron chi connectivity index (χ2n) is 6.39. The quantitative estimate of drug-likeness (QED) is 0.380. The van der Waals surface area contributed by atoms with Crippen molar-refractivity contribution in [3.63, 3.8) is 0 Å². The SMILES string of the molecule is CC.Cc1ccc(CNC(=O)C(=N)c2csc(N)c2C(=O)Nc2ccc(Cl)cc2)cc1. The van der Waals surface area contributed by atoms with E-state index in [-0.39, 0.29) is 28.4 Å². The lowest BCUT2D eigenvalue weighted by atomic mass is 10.1. The van der Waals surface area contributed by atoms with Gasteiger partial charge in [-0.3, -0.25) is 15.0 Å². The molecule has 2 aromatic carbocycles. The monoisotopic (exact) mass is 456 g/mol. The van der Waals surface area contributed by atoms with Gasteiger partial charge in [0.15, 0.2) is 0 Å². The molecule has 162 valence electrons. The van der Waals surface area contributed by atoms with Gasteiger partial charge in [-0.2, -0.15) is 0 Å². The van der Waals surface area contributed by atoms with Crippen molar-refractivity contribution < 1.29 is 9.59 Å². The van der Waals surface area contributed by atoms with E-state index in [0.29, 0.717) is 10.7 Å². The number of nitrogens with two attached hydrogens (primary N) is 1. The van der Waals surface area contributed by atoms with E-state index in [1.54, 1.807) is 29.6 Å². The minimum Gasteiger partial charge on any atom is -0.390 e. The van der Waals surface area contributed by atoms with Gasteiger partial charge >= 0.3 is 0 Å².